The summed E-state index contributed by atoms with van der Waals surface area (Å²) in [4.78, 5) is 107. The Bertz CT molecular complexity index is 5540. The molecule has 13 rings (SSSR count). The molecule has 5 heterocycles. The second kappa shape index (κ2) is 37.9. The van der Waals surface area contributed by atoms with Gasteiger partial charge in [-0.1, -0.05) is 25.1 Å². The molecule has 34 heteroatoms. The lowest BCUT2D eigenvalue weighted by Crippen LogP contribution is -2.50. The molecule has 0 aromatic heterocycles. The van der Waals surface area contributed by atoms with E-state index in [1.807, 2.05) is 6.08 Å². The minimum Gasteiger partial charge on any atom is -0.390 e. The first kappa shape index (κ1) is 92.8. The molecular formula is C89H83F16N9O9. The van der Waals surface area contributed by atoms with Gasteiger partial charge in [0.1, 0.15) is 46.4 Å². The van der Waals surface area contributed by atoms with Crippen LogP contribution in [0.25, 0.3) is 0 Å². The third-order valence-electron chi connectivity index (χ3n) is 21.3. The molecule has 1 unspecified atom stereocenters. The van der Waals surface area contributed by atoms with E-state index in [0.29, 0.717) is 72.3 Å². The van der Waals surface area contributed by atoms with Crippen molar-refractivity contribution < 1.29 is 114 Å². The maximum Gasteiger partial charge on any atom is 0.352 e. The molecule has 5 aliphatic rings. The molecular weight excluding hydrogens is 1640 g/mol. The van der Waals surface area contributed by atoms with E-state index < -0.39 is 152 Å². The highest BCUT2D eigenvalue weighted by Gasteiger charge is 2.52. The van der Waals surface area contributed by atoms with Crippen LogP contribution in [0, 0.1) is 75.3 Å². The van der Waals surface area contributed by atoms with E-state index in [4.69, 9.17) is 0 Å². The van der Waals surface area contributed by atoms with Gasteiger partial charge >= 0.3 is 23.7 Å². The van der Waals surface area contributed by atoms with Crippen LogP contribution in [-0.4, -0.2) is 148 Å². The molecule has 18 nitrogen and oxygen atoms in total. The molecule has 5 N–H and O–H groups in total. The van der Waals surface area contributed by atoms with Gasteiger partial charge in [-0.2, -0.15) is 35.1 Å². The lowest BCUT2D eigenvalue weighted by atomic mass is 9.88. The fourth-order valence-electron chi connectivity index (χ4n) is 13.8. The molecule has 8 aromatic carbocycles. The number of aliphatic hydroxyl groups is 1. The topological polar surface area (TPSA) is 230 Å². The lowest BCUT2D eigenvalue weighted by molar-refractivity contribution is -0.163. The average molecular weight is 1730 g/mol. The van der Waals surface area contributed by atoms with Gasteiger partial charge in [0.05, 0.1) is 35.4 Å². The summed E-state index contributed by atoms with van der Waals surface area (Å²) in [5, 5.41) is 20.1. The molecule has 123 heavy (non-hydrogen) atoms. The van der Waals surface area contributed by atoms with Crippen LogP contribution in [0.4, 0.5) is 93.0 Å². The molecule has 1 atom stereocenters. The van der Waals surface area contributed by atoms with Crippen LogP contribution in [0.2, 0.25) is 0 Å². The maximum absolute atomic E-state index is 15.1. The molecule has 650 valence electrons. The van der Waals surface area contributed by atoms with E-state index in [2.05, 4.69) is 26.3 Å². The predicted molar refractivity (Wildman–Crippen MR) is 426 cm³/mol. The highest BCUT2D eigenvalue weighted by Crippen LogP contribution is 2.41. The predicted octanol–water partition coefficient (Wildman–Crippen LogP) is 17.8. The Kier molecular flexibility index (Phi) is 28.6. The summed E-state index contributed by atoms with van der Waals surface area (Å²) >= 11 is 0. The number of halogens is 16. The molecule has 0 aliphatic carbocycles. The van der Waals surface area contributed by atoms with Crippen LogP contribution in [0.15, 0.2) is 174 Å². The largest absolute Gasteiger partial charge is 0.390 e. The number of nitrogens with one attached hydrogen (secondary N) is 4. The zero-order valence-electron chi connectivity index (χ0n) is 67.2. The standard InChI is InChI=1S/C23H19F4N3O2.C23H24F4N2O3.C22H21F3N2O2.C21H19F5N2O2/c1-13-8-17(3-5-19(13)24)29-21(31)14-2-4-20(25)18(9-14)23(26,27)22(32)30-7-6-15-10-28-11-16(15)12-30;1-3-22(32)8-10-29(11-9-22)21(31)23(26,27)17-13-15(4-6-19(17)25)20(30)28-16-5-7-18(24)14(2)12-16;1-14-6-7-16(20(28)26-17-8-9-19(23)15(2)12-17)13-18(14)22(24,25)21(29)27-10-4-3-5-11-27;1-12-9-14(4-6-16(12)22)27-18(29)13-3-5-17(23)15(10-13)21(25,26)19(30)28-8-7-20(2,24)11-28/h2-5,8-10H,6-7,11-12H2,1H3,(H,29,31);4-7,12-13,32H,3,8-11H2,1-2H3,(H,28,30);3-4,6-9,12-13H,5,10-11H2,1-2H3,(H,26,28);3-6,9-10H,7-8,11H2,1-2H3,(H,27,29). The number of aryl methyl sites for hydroxylation is 5. The number of amides is 8. The summed E-state index contributed by atoms with van der Waals surface area (Å²) in [5.74, 6) is -31.4. The van der Waals surface area contributed by atoms with Crippen molar-refractivity contribution in [2.24, 2.45) is 4.99 Å². The van der Waals surface area contributed by atoms with E-state index >= 15 is 8.78 Å². The van der Waals surface area contributed by atoms with Crippen molar-refractivity contribution in [3.05, 3.63) is 282 Å². The molecule has 0 bridgehead atoms. The smallest absolute Gasteiger partial charge is 0.352 e. The number of piperidine rings is 1. The zero-order chi connectivity index (χ0) is 90.2. The normalized spacial score (nSPS) is 16.2. The molecule has 2 fully saturated rings. The van der Waals surface area contributed by atoms with Crippen LogP contribution < -0.4 is 21.3 Å². The Hall–Kier alpha value is -12.5. The van der Waals surface area contributed by atoms with Crippen LogP contribution in [-0.2, 0) is 42.9 Å². The first-order chi connectivity index (χ1) is 57.7. The number of hydrogen-bond acceptors (Lipinski definition) is 10. The quantitative estimate of drug-likeness (QED) is 0.0431. The zero-order valence-corrected chi connectivity index (χ0v) is 67.2. The SMILES string of the molecule is CCC1(O)CCN(C(=O)C(F)(F)c2cc(C(=O)Nc3ccc(F)c(C)c3)ccc2F)CC1.Cc1cc(NC(=O)c2ccc(C)c(C(F)(F)C(=O)N3CC=CCC3)c2)ccc1F.Cc1cc(NC(=O)c2ccc(F)c(C(F)(F)C(=O)N3CCC(C)(F)C3)c2)ccc1F.Cc1cc(NC(=O)c2ccc(F)c(C(F)(F)C(=O)N3CCC4=C(CN=C4)C3)c2)ccc1F. The van der Waals surface area contributed by atoms with Gasteiger partial charge in [0.25, 0.3) is 47.3 Å². The van der Waals surface area contributed by atoms with Crippen molar-refractivity contribution in [1.29, 1.82) is 0 Å². The first-order valence-electron chi connectivity index (χ1n) is 38.5. The minimum absolute atomic E-state index is 0.00940. The summed E-state index contributed by atoms with van der Waals surface area (Å²) in [7, 11) is 0. The van der Waals surface area contributed by atoms with Crippen molar-refractivity contribution in [1.82, 2.24) is 19.6 Å². The average Bonchev–Trinajstić information content (AvgIpc) is 1.76. The van der Waals surface area contributed by atoms with Crippen LogP contribution in [0.1, 0.15) is 144 Å². The minimum atomic E-state index is -4.28. The number of aliphatic imine (C=N–C) groups is 1. The number of likely N-dealkylation sites (tertiary alicyclic amines) is 2. The van der Waals surface area contributed by atoms with Gasteiger partial charge in [0.15, 0.2) is 0 Å². The summed E-state index contributed by atoms with van der Waals surface area (Å²) < 4.78 is 230. The Morgan fingerprint density at radius 2 is 0.748 bits per heavy atom. The third-order valence-corrected chi connectivity index (χ3v) is 21.3. The molecule has 0 spiro atoms. The maximum atomic E-state index is 15.1. The van der Waals surface area contributed by atoms with Gasteiger partial charge in [-0.05, 0) is 252 Å². The number of nitrogens with zero attached hydrogens (tertiary/aromatic N) is 5. The van der Waals surface area contributed by atoms with Crippen molar-refractivity contribution in [3.63, 3.8) is 0 Å². The van der Waals surface area contributed by atoms with Crippen LogP contribution in [0.5, 0.6) is 0 Å². The number of rotatable bonds is 17. The van der Waals surface area contributed by atoms with Gasteiger partial charge in [0.2, 0.25) is 0 Å². The summed E-state index contributed by atoms with van der Waals surface area (Å²) in [5.41, 5.74) is -3.67. The first-order valence-corrected chi connectivity index (χ1v) is 38.5. The van der Waals surface area contributed by atoms with Gasteiger partial charge < -0.3 is 46.0 Å². The Morgan fingerprint density at radius 1 is 0.407 bits per heavy atom. The van der Waals surface area contributed by atoms with Gasteiger partial charge in [-0.25, -0.2) is 35.1 Å². The summed E-state index contributed by atoms with van der Waals surface area (Å²) in [6, 6.07) is 26.3. The van der Waals surface area contributed by atoms with E-state index in [1.165, 1.54) is 101 Å². The highest BCUT2D eigenvalue weighted by molar-refractivity contribution is 6.07. The molecule has 0 radical (unpaired) electrons. The number of carbonyl (C=O) groups excluding carboxylic acids is 8. The number of carbonyl (C=O) groups is 8. The Balaban J connectivity index is 0.000000172. The number of alkyl halides is 9. The second-order valence-corrected chi connectivity index (χ2v) is 30.4. The highest BCUT2D eigenvalue weighted by atomic mass is 19.3. The van der Waals surface area contributed by atoms with Crippen molar-refractivity contribution >= 4 is 76.2 Å². The third kappa shape index (κ3) is 21.9. The van der Waals surface area contributed by atoms with Crippen LogP contribution in [0.3, 0.4) is 0 Å². The van der Waals surface area contributed by atoms with Gasteiger partial charge in [-0.15, -0.1) is 0 Å². The van der Waals surface area contributed by atoms with E-state index in [-0.39, 0.29) is 127 Å². The number of benzene rings is 8. The molecule has 8 amide bonds. The molecule has 8 aromatic rings. The fraction of sp³-hybridized carbons (Fsp3) is 0.315. The molecule has 5 aliphatic heterocycles. The summed E-state index contributed by atoms with van der Waals surface area (Å²) in [6.07, 6.45) is 6.76. The van der Waals surface area contributed by atoms with Crippen LogP contribution >= 0.6 is 0 Å². The van der Waals surface area contributed by atoms with E-state index in [1.54, 1.807) is 26.1 Å². The summed E-state index contributed by atoms with van der Waals surface area (Å²) in [6.45, 7) is 10.4. The van der Waals surface area contributed by atoms with E-state index in [0.717, 1.165) is 74.4 Å². The van der Waals surface area contributed by atoms with E-state index in [9.17, 15) is 105 Å². The fourth-order valence-corrected chi connectivity index (χ4v) is 13.8. The second-order valence-electron chi connectivity index (χ2n) is 30.4. The van der Waals surface area contributed by atoms with Gasteiger partial charge in [-0.3, -0.25) is 43.3 Å². The molecule has 0 saturated carbocycles. The Morgan fingerprint density at radius 3 is 1.11 bits per heavy atom. The number of hydrogen-bond donors (Lipinski definition) is 5. The monoisotopic (exact) mass is 1730 g/mol. The number of anilines is 4. The lowest BCUT2D eigenvalue weighted by Gasteiger charge is -2.38. The Labute approximate surface area is 695 Å². The van der Waals surface area contributed by atoms with Gasteiger partial charge in [0, 0.05) is 109 Å². The van der Waals surface area contributed by atoms with Crippen molar-refractivity contribution in [3.8, 4) is 0 Å². The van der Waals surface area contributed by atoms with Crippen molar-refractivity contribution in [2.45, 2.75) is 122 Å². The molecule has 2 saturated heterocycles. The van der Waals surface area contributed by atoms with Crippen molar-refractivity contribution in [2.75, 3.05) is 80.2 Å².